The van der Waals surface area contributed by atoms with Gasteiger partial charge in [-0.3, -0.25) is 0 Å². The zero-order chi connectivity index (χ0) is 14.6. The molecule has 1 N–H and O–H groups in total. The normalized spacial score (nSPS) is 30.4. The number of aryl methyl sites for hydroxylation is 1. The Balaban J connectivity index is 1.83. The molecule has 21 heavy (non-hydrogen) atoms. The van der Waals surface area contributed by atoms with Gasteiger partial charge in [0.1, 0.15) is 5.75 Å². The second kappa shape index (κ2) is 4.48. The van der Waals surface area contributed by atoms with E-state index in [9.17, 15) is 5.11 Å². The fourth-order valence-corrected chi connectivity index (χ4v) is 4.41. The lowest BCUT2D eigenvalue weighted by atomic mass is 9.65. The molecule has 3 aliphatic carbocycles. The summed E-state index contributed by atoms with van der Waals surface area (Å²) in [6, 6.07) is 6.47. The van der Waals surface area contributed by atoms with E-state index in [-0.39, 0.29) is 11.5 Å². The molecular weight excluding hydrogens is 260 g/mol. The van der Waals surface area contributed by atoms with Gasteiger partial charge in [0.25, 0.3) is 0 Å². The van der Waals surface area contributed by atoms with Crippen LogP contribution in [0.5, 0.6) is 5.75 Å². The van der Waals surface area contributed by atoms with E-state index in [2.05, 4.69) is 31.2 Å². The summed E-state index contributed by atoms with van der Waals surface area (Å²) in [4.78, 5) is 0. The fraction of sp³-hybridized carbons (Fsp3) is 0.474. The zero-order valence-corrected chi connectivity index (χ0v) is 12.8. The van der Waals surface area contributed by atoms with E-state index < -0.39 is 0 Å². The third-order valence-electron chi connectivity index (χ3n) is 5.76. The van der Waals surface area contributed by atoms with E-state index in [1.807, 2.05) is 0 Å². The lowest BCUT2D eigenvalue weighted by Gasteiger charge is -2.40. The van der Waals surface area contributed by atoms with Gasteiger partial charge in [0.05, 0.1) is 13.2 Å². The van der Waals surface area contributed by atoms with Crippen molar-refractivity contribution in [1.82, 2.24) is 0 Å². The highest BCUT2D eigenvalue weighted by molar-refractivity contribution is 5.79. The molecule has 0 saturated heterocycles. The number of hydrogen-bond acceptors (Lipinski definition) is 2. The van der Waals surface area contributed by atoms with Crippen molar-refractivity contribution in [3.05, 3.63) is 46.5 Å². The molecule has 0 heterocycles. The average Bonchev–Trinajstić information content (AvgIpc) is 2.82. The van der Waals surface area contributed by atoms with Gasteiger partial charge in [-0.05, 0) is 72.1 Å². The first-order valence-corrected chi connectivity index (χ1v) is 7.92. The van der Waals surface area contributed by atoms with Crippen molar-refractivity contribution in [3.63, 3.8) is 0 Å². The quantitative estimate of drug-likeness (QED) is 0.847. The monoisotopic (exact) mass is 282 g/mol. The number of hydrogen-bond donors (Lipinski definition) is 1. The van der Waals surface area contributed by atoms with Gasteiger partial charge in [-0.2, -0.15) is 0 Å². The van der Waals surface area contributed by atoms with Crippen molar-refractivity contribution in [1.29, 1.82) is 0 Å². The van der Waals surface area contributed by atoms with Gasteiger partial charge in [0.15, 0.2) is 0 Å². The maximum Gasteiger partial charge on any atom is 0.119 e. The molecule has 0 aliphatic heterocycles. The van der Waals surface area contributed by atoms with E-state index in [1.54, 1.807) is 7.11 Å². The minimum atomic E-state index is -0.196. The third kappa shape index (κ3) is 1.75. The Morgan fingerprint density at radius 2 is 2.05 bits per heavy atom. The van der Waals surface area contributed by atoms with Gasteiger partial charge in [-0.1, -0.05) is 19.1 Å². The van der Waals surface area contributed by atoms with E-state index in [0.717, 1.165) is 37.9 Å². The zero-order valence-electron chi connectivity index (χ0n) is 12.8. The fourth-order valence-electron chi connectivity index (χ4n) is 4.41. The van der Waals surface area contributed by atoms with E-state index in [4.69, 9.17) is 4.74 Å². The Morgan fingerprint density at radius 3 is 2.86 bits per heavy atom. The summed E-state index contributed by atoms with van der Waals surface area (Å²) in [5.41, 5.74) is 7.26. The van der Waals surface area contributed by atoms with Crippen LogP contribution in [0.2, 0.25) is 0 Å². The average molecular weight is 282 g/mol. The van der Waals surface area contributed by atoms with Crippen molar-refractivity contribution in [2.45, 2.75) is 45.1 Å². The van der Waals surface area contributed by atoms with Crippen LogP contribution in [0.15, 0.2) is 35.4 Å². The topological polar surface area (TPSA) is 29.5 Å². The summed E-state index contributed by atoms with van der Waals surface area (Å²) in [6.07, 6.45) is 7.23. The van der Waals surface area contributed by atoms with Crippen LogP contribution in [0.4, 0.5) is 0 Å². The first kappa shape index (κ1) is 13.1. The number of rotatable bonds is 1. The highest BCUT2D eigenvalue weighted by Crippen LogP contribution is 2.55. The minimum Gasteiger partial charge on any atom is -0.497 e. The summed E-state index contributed by atoms with van der Waals surface area (Å²) >= 11 is 0. The van der Waals surface area contributed by atoms with Crippen LogP contribution in [0.25, 0.3) is 5.57 Å². The van der Waals surface area contributed by atoms with Gasteiger partial charge in [-0.25, -0.2) is 0 Å². The van der Waals surface area contributed by atoms with Gasteiger partial charge in [0.2, 0.25) is 0 Å². The lowest BCUT2D eigenvalue weighted by Crippen LogP contribution is -2.33. The number of aliphatic hydroxyl groups is 1. The lowest BCUT2D eigenvalue weighted by molar-refractivity contribution is 0.0728. The van der Waals surface area contributed by atoms with Crippen molar-refractivity contribution in [2.24, 2.45) is 5.41 Å². The summed E-state index contributed by atoms with van der Waals surface area (Å²) in [7, 11) is 1.73. The minimum absolute atomic E-state index is 0.0111. The largest absolute Gasteiger partial charge is 0.497 e. The summed E-state index contributed by atoms with van der Waals surface area (Å²) in [5.74, 6) is 0.953. The molecule has 0 saturated carbocycles. The smallest absolute Gasteiger partial charge is 0.119 e. The molecule has 0 aromatic heterocycles. The molecular formula is C19H22O2. The Bertz CT molecular complexity index is 668. The maximum absolute atomic E-state index is 10.3. The van der Waals surface area contributed by atoms with E-state index in [1.165, 1.54) is 27.8 Å². The van der Waals surface area contributed by atoms with Crippen LogP contribution in [0.3, 0.4) is 0 Å². The van der Waals surface area contributed by atoms with E-state index >= 15 is 0 Å². The number of allylic oxidation sites excluding steroid dienone is 2. The molecule has 3 aliphatic rings. The standard InChI is InChI=1S/C19H22O2/c1-19-10-9-15-14-6-4-13(21-2)11-12(14)3-5-16(15)17(19)7-8-18(19)20/h4,6-7,11,18,20H,3,5,8-10H2,1-2H3/t18?,19-/m0/s1. The Labute approximate surface area is 126 Å². The van der Waals surface area contributed by atoms with Crippen LogP contribution >= 0.6 is 0 Å². The molecule has 0 bridgehead atoms. The van der Waals surface area contributed by atoms with Crippen LogP contribution < -0.4 is 4.74 Å². The third-order valence-corrected chi connectivity index (χ3v) is 5.76. The first-order valence-electron chi connectivity index (χ1n) is 7.92. The van der Waals surface area contributed by atoms with Crippen LogP contribution in [0.1, 0.15) is 43.7 Å². The number of ether oxygens (including phenoxy) is 1. The SMILES string of the molecule is COc1ccc2c(c1)CCC1=C2CC[C@@]2(C)C1=CCC2O. The Morgan fingerprint density at radius 1 is 1.19 bits per heavy atom. The van der Waals surface area contributed by atoms with Crippen LogP contribution in [-0.2, 0) is 6.42 Å². The molecule has 1 aromatic carbocycles. The van der Waals surface area contributed by atoms with Gasteiger partial charge < -0.3 is 9.84 Å². The Hall–Kier alpha value is -1.54. The number of benzene rings is 1. The second-order valence-corrected chi connectivity index (χ2v) is 6.77. The molecule has 2 nitrogen and oxygen atoms in total. The molecule has 1 unspecified atom stereocenters. The van der Waals surface area contributed by atoms with Crippen molar-refractivity contribution in [3.8, 4) is 5.75 Å². The molecule has 2 heteroatoms. The summed E-state index contributed by atoms with van der Waals surface area (Å²) < 4.78 is 5.36. The molecule has 4 rings (SSSR count). The van der Waals surface area contributed by atoms with E-state index in [0.29, 0.717) is 0 Å². The van der Waals surface area contributed by atoms with Gasteiger partial charge in [0, 0.05) is 5.41 Å². The number of methoxy groups -OCH3 is 1. The van der Waals surface area contributed by atoms with Crippen LogP contribution in [-0.4, -0.2) is 18.3 Å². The van der Waals surface area contributed by atoms with Gasteiger partial charge in [-0.15, -0.1) is 0 Å². The maximum atomic E-state index is 10.3. The van der Waals surface area contributed by atoms with Gasteiger partial charge >= 0.3 is 0 Å². The number of aliphatic hydroxyl groups excluding tert-OH is 1. The molecule has 1 aromatic rings. The molecule has 0 spiro atoms. The summed E-state index contributed by atoms with van der Waals surface area (Å²) in [5, 5.41) is 10.3. The Kier molecular flexibility index (Phi) is 2.80. The predicted molar refractivity (Wildman–Crippen MR) is 84.3 cm³/mol. The second-order valence-electron chi connectivity index (χ2n) is 6.77. The highest BCUT2D eigenvalue weighted by Gasteiger charge is 2.45. The summed E-state index contributed by atoms with van der Waals surface area (Å²) in [6.45, 7) is 2.24. The van der Waals surface area contributed by atoms with Crippen molar-refractivity contribution in [2.75, 3.05) is 7.11 Å². The first-order chi connectivity index (χ1) is 10.1. The number of fused-ring (bicyclic) bond motifs is 4. The highest BCUT2D eigenvalue weighted by atomic mass is 16.5. The molecule has 0 amide bonds. The van der Waals surface area contributed by atoms with Crippen molar-refractivity contribution < 1.29 is 9.84 Å². The molecule has 0 fully saturated rings. The van der Waals surface area contributed by atoms with Crippen LogP contribution in [0, 0.1) is 5.41 Å². The van der Waals surface area contributed by atoms with Crippen molar-refractivity contribution >= 4 is 5.57 Å². The predicted octanol–water partition coefficient (Wildman–Crippen LogP) is 3.89. The molecule has 110 valence electrons. The molecule has 0 radical (unpaired) electrons. The molecule has 2 atom stereocenters.